The Morgan fingerprint density at radius 3 is 2.59 bits per heavy atom. The van der Waals surface area contributed by atoms with E-state index < -0.39 is 0 Å². The Labute approximate surface area is 114 Å². The predicted octanol–water partition coefficient (Wildman–Crippen LogP) is 4.88. The maximum Gasteiger partial charge on any atom is 0.0931 e. The van der Waals surface area contributed by atoms with Gasteiger partial charge in [0.1, 0.15) is 0 Å². The quantitative estimate of drug-likeness (QED) is 0.823. The molecular formula is C14H22ClNS. The maximum absolute atomic E-state index is 6.06. The van der Waals surface area contributed by atoms with E-state index in [1.165, 1.54) is 30.6 Å². The van der Waals surface area contributed by atoms with Crippen LogP contribution in [0.15, 0.2) is 12.1 Å². The second-order valence-corrected chi connectivity index (χ2v) is 6.94. The third kappa shape index (κ3) is 3.46. The highest BCUT2D eigenvalue weighted by atomic mass is 35.5. The highest BCUT2D eigenvalue weighted by Crippen LogP contribution is 2.39. The van der Waals surface area contributed by atoms with E-state index in [0.29, 0.717) is 6.04 Å². The summed E-state index contributed by atoms with van der Waals surface area (Å²) in [6.07, 6.45) is 5.47. The Morgan fingerprint density at radius 2 is 2.06 bits per heavy atom. The molecule has 1 fully saturated rings. The molecule has 1 aliphatic rings. The van der Waals surface area contributed by atoms with E-state index in [2.05, 4.69) is 25.2 Å². The van der Waals surface area contributed by atoms with Crippen LogP contribution in [0.2, 0.25) is 4.34 Å². The molecule has 1 atom stereocenters. The Morgan fingerprint density at radius 1 is 1.35 bits per heavy atom. The summed E-state index contributed by atoms with van der Waals surface area (Å²) in [4.78, 5) is 1.41. The van der Waals surface area contributed by atoms with E-state index in [1.54, 1.807) is 11.3 Å². The van der Waals surface area contributed by atoms with Gasteiger partial charge in [-0.3, -0.25) is 0 Å². The van der Waals surface area contributed by atoms with E-state index in [-0.39, 0.29) is 0 Å². The summed E-state index contributed by atoms with van der Waals surface area (Å²) >= 11 is 7.79. The van der Waals surface area contributed by atoms with Gasteiger partial charge in [-0.25, -0.2) is 0 Å². The molecule has 0 bridgehead atoms. The SMILES string of the molecule is CCNC(c1ccc(Cl)s1)C1CCC(C)CC1. The van der Waals surface area contributed by atoms with Crippen molar-refractivity contribution in [3.63, 3.8) is 0 Å². The lowest BCUT2D eigenvalue weighted by Gasteiger charge is -2.32. The summed E-state index contributed by atoms with van der Waals surface area (Å²) in [5, 5.41) is 3.65. The molecule has 0 amide bonds. The second kappa shape index (κ2) is 6.21. The molecule has 3 heteroatoms. The zero-order chi connectivity index (χ0) is 12.3. The van der Waals surface area contributed by atoms with Crippen molar-refractivity contribution in [3.05, 3.63) is 21.3 Å². The van der Waals surface area contributed by atoms with Crippen molar-refractivity contribution >= 4 is 22.9 Å². The van der Waals surface area contributed by atoms with Gasteiger partial charge < -0.3 is 5.32 Å². The molecule has 1 nitrogen and oxygen atoms in total. The fourth-order valence-electron chi connectivity index (χ4n) is 2.83. The summed E-state index contributed by atoms with van der Waals surface area (Å²) in [7, 11) is 0. The van der Waals surface area contributed by atoms with Crippen molar-refractivity contribution in [3.8, 4) is 0 Å². The minimum atomic E-state index is 0.519. The molecule has 2 rings (SSSR count). The molecule has 17 heavy (non-hydrogen) atoms. The zero-order valence-electron chi connectivity index (χ0n) is 10.7. The Kier molecular flexibility index (Phi) is 4.89. The van der Waals surface area contributed by atoms with Gasteiger partial charge in [0.15, 0.2) is 0 Å². The van der Waals surface area contributed by atoms with Gasteiger partial charge >= 0.3 is 0 Å². The van der Waals surface area contributed by atoms with Gasteiger partial charge in [0.2, 0.25) is 0 Å². The monoisotopic (exact) mass is 271 g/mol. The molecule has 1 aromatic rings. The Hall–Kier alpha value is -0.0500. The Bertz CT molecular complexity index is 342. The smallest absolute Gasteiger partial charge is 0.0931 e. The number of rotatable bonds is 4. The van der Waals surface area contributed by atoms with Gasteiger partial charge in [-0.1, -0.05) is 38.3 Å². The van der Waals surface area contributed by atoms with Gasteiger partial charge in [0.05, 0.1) is 4.34 Å². The summed E-state index contributed by atoms with van der Waals surface area (Å²) in [6.45, 7) is 5.60. The van der Waals surface area contributed by atoms with Crippen molar-refractivity contribution in [1.82, 2.24) is 5.32 Å². The summed E-state index contributed by atoms with van der Waals surface area (Å²) < 4.78 is 0.909. The fraction of sp³-hybridized carbons (Fsp3) is 0.714. The second-order valence-electron chi connectivity index (χ2n) is 5.20. The normalized spacial score (nSPS) is 27.0. The van der Waals surface area contributed by atoms with Gasteiger partial charge in [0.25, 0.3) is 0 Å². The lowest BCUT2D eigenvalue weighted by Crippen LogP contribution is -2.30. The number of hydrogen-bond donors (Lipinski definition) is 1. The zero-order valence-corrected chi connectivity index (χ0v) is 12.3. The first-order valence-corrected chi connectivity index (χ1v) is 7.88. The average Bonchev–Trinajstić information content (AvgIpc) is 2.74. The molecule has 1 aromatic heterocycles. The standard InChI is InChI=1S/C14H22ClNS/c1-3-16-14(12-8-9-13(15)17-12)11-6-4-10(2)5-7-11/h8-11,14,16H,3-7H2,1-2H3. The first-order chi connectivity index (χ1) is 8.20. The molecule has 0 aliphatic heterocycles. The maximum atomic E-state index is 6.06. The third-order valence-electron chi connectivity index (χ3n) is 3.86. The van der Waals surface area contributed by atoms with Crippen LogP contribution in [-0.2, 0) is 0 Å². The molecule has 1 aliphatic carbocycles. The third-order valence-corrected chi connectivity index (χ3v) is 5.17. The van der Waals surface area contributed by atoms with Crippen molar-refractivity contribution in [2.24, 2.45) is 11.8 Å². The molecule has 96 valence electrons. The topological polar surface area (TPSA) is 12.0 Å². The van der Waals surface area contributed by atoms with Crippen LogP contribution in [0.5, 0.6) is 0 Å². The molecular weight excluding hydrogens is 250 g/mol. The van der Waals surface area contributed by atoms with Crippen molar-refractivity contribution in [2.75, 3.05) is 6.54 Å². The number of hydrogen-bond acceptors (Lipinski definition) is 2. The summed E-state index contributed by atoms with van der Waals surface area (Å²) in [6, 6.07) is 4.74. The molecule has 1 N–H and O–H groups in total. The van der Waals surface area contributed by atoms with Crippen LogP contribution in [-0.4, -0.2) is 6.54 Å². The van der Waals surface area contributed by atoms with Crippen LogP contribution < -0.4 is 5.32 Å². The van der Waals surface area contributed by atoms with Crippen LogP contribution in [0, 0.1) is 11.8 Å². The van der Waals surface area contributed by atoms with E-state index in [1.807, 2.05) is 6.07 Å². The van der Waals surface area contributed by atoms with E-state index in [0.717, 1.165) is 22.7 Å². The first kappa shape index (κ1) is 13.4. The van der Waals surface area contributed by atoms with Crippen LogP contribution in [0.1, 0.15) is 50.4 Å². The summed E-state index contributed by atoms with van der Waals surface area (Å²) in [5.41, 5.74) is 0. The lowest BCUT2D eigenvalue weighted by molar-refractivity contribution is 0.235. The molecule has 0 radical (unpaired) electrons. The lowest BCUT2D eigenvalue weighted by atomic mass is 9.79. The minimum Gasteiger partial charge on any atom is -0.309 e. The highest BCUT2D eigenvalue weighted by molar-refractivity contribution is 7.16. The van der Waals surface area contributed by atoms with E-state index in [4.69, 9.17) is 11.6 Å². The largest absolute Gasteiger partial charge is 0.309 e. The summed E-state index contributed by atoms with van der Waals surface area (Å²) in [5.74, 6) is 1.71. The molecule has 0 spiro atoms. The van der Waals surface area contributed by atoms with Crippen molar-refractivity contribution in [2.45, 2.75) is 45.6 Å². The number of nitrogens with one attached hydrogen (secondary N) is 1. The molecule has 0 saturated heterocycles. The van der Waals surface area contributed by atoms with Crippen LogP contribution >= 0.6 is 22.9 Å². The molecule has 1 unspecified atom stereocenters. The van der Waals surface area contributed by atoms with Crippen molar-refractivity contribution < 1.29 is 0 Å². The minimum absolute atomic E-state index is 0.519. The van der Waals surface area contributed by atoms with Crippen molar-refractivity contribution in [1.29, 1.82) is 0 Å². The first-order valence-electron chi connectivity index (χ1n) is 6.69. The highest BCUT2D eigenvalue weighted by Gasteiger charge is 2.27. The van der Waals surface area contributed by atoms with Gasteiger partial charge in [-0.15, -0.1) is 11.3 Å². The number of thiophene rings is 1. The molecule has 1 saturated carbocycles. The Balaban J connectivity index is 2.06. The van der Waals surface area contributed by atoms with Crippen LogP contribution in [0.4, 0.5) is 0 Å². The van der Waals surface area contributed by atoms with Crippen LogP contribution in [0.3, 0.4) is 0 Å². The molecule has 1 heterocycles. The van der Waals surface area contributed by atoms with Gasteiger partial charge in [0, 0.05) is 10.9 Å². The van der Waals surface area contributed by atoms with E-state index >= 15 is 0 Å². The number of halogens is 1. The van der Waals surface area contributed by atoms with Crippen LogP contribution in [0.25, 0.3) is 0 Å². The predicted molar refractivity (Wildman–Crippen MR) is 76.9 cm³/mol. The van der Waals surface area contributed by atoms with Gasteiger partial charge in [-0.2, -0.15) is 0 Å². The van der Waals surface area contributed by atoms with Gasteiger partial charge in [-0.05, 0) is 43.4 Å². The fourth-order valence-corrected chi connectivity index (χ4v) is 4.06. The average molecular weight is 272 g/mol. The molecule has 0 aromatic carbocycles. The van der Waals surface area contributed by atoms with E-state index in [9.17, 15) is 0 Å².